The summed E-state index contributed by atoms with van der Waals surface area (Å²) in [5, 5.41) is 36.5. The van der Waals surface area contributed by atoms with Crippen LogP contribution in [0, 0.1) is 17.3 Å². The number of amides is 2. The number of rotatable bonds is 26. The summed E-state index contributed by atoms with van der Waals surface area (Å²) in [4.78, 5) is 103. The fourth-order valence-corrected chi connectivity index (χ4v) is 11.1. The van der Waals surface area contributed by atoms with Crippen LogP contribution in [0.3, 0.4) is 0 Å². The van der Waals surface area contributed by atoms with E-state index in [0.29, 0.717) is 17.1 Å². The minimum Gasteiger partial charge on any atom is -0.481 e. The van der Waals surface area contributed by atoms with Crippen LogP contribution in [0.25, 0.3) is 11.2 Å². The number of anilines is 1. The number of aliphatic hydroxyl groups is 2. The predicted molar refractivity (Wildman–Crippen MR) is 248 cm³/mol. The SMILES string of the molecule is CC(C)(COP(=O)(O)OP(=O)(O)OCC1OC(n2cnc3c(N)ncnc32)C(O)C1OP(=O)(O)O)C(O)C(=O)NCCC(=O)NCCSC(=O)C(Cc1ccccc1)C(Cc1ccc2c(c1)OCO2)C(=O)O. The average Bonchev–Trinajstić information content (AvgIpc) is 4.04. The Balaban J connectivity index is 0.931. The third-order valence-electron chi connectivity index (χ3n) is 11.0. The smallest absolute Gasteiger partial charge is 0.481 e. The molecule has 2 aliphatic rings. The summed E-state index contributed by atoms with van der Waals surface area (Å²) in [5.74, 6) is -3.74. The van der Waals surface area contributed by atoms with Crippen molar-refractivity contribution < 1.29 is 99.9 Å². The maximum atomic E-state index is 13.6. The maximum absolute atomic E-state index is 13.6. The molecular formula is C40H52N7O21P3S. The lowest BCUT2D eigenvalue weighted by molar-refractivity contribution is -0.145. The van der Waals surface area contributed by atoms with Gasteiger partial charge in [-0.15, -0.1) is 0 Å². The first kappa shape index (κ1) is 56.4. The van der Waals surface area contributed by atoms with Crippen molar-refractivity contribution in [2.45, 2.75) is 63.8 Å². The van der Waals surface area contributed by atoms with Crippen molar-refractivity contribution in [2.75, 3.05) is 44.6 Å². The van der Waals surface area contributed by atoms with Gasteiger partial charge in [0.2, 0.25) is 18.6 Å². The lowest BCUT2D eigenvalue weighted by Crippen LogP contribution is -2.46. The number of ether oxygens (including phenoxy) is 3. The highest BCUT2D eigenvalue weighted by Crippen LogP contribution is 2.61. The van der Waals surface area contributed by atoms with Gasteiger partial charge in [-0.3, -0.25) is 37.3 Å². The molecule has 2 aromatic heterocycles. The Morgan fingerprint density at radius 2 is 1.61 bits per heavy atom. The number of aliphatic carboxylic acids is 1. The van der Waals surface area contributed by atoms with Crippen LogP contribution in [-0.2, 0) is 68.3 Å². The van der Waals surface area contributed by atoms with Crippen molar-refractivity contribution in [1.82, 2.24) is 30.2 Å². The Morgan fingerprint density at radius 3 is 2.32 bits per heavy atom. The van der Waals surface area contributed by atoms with Crippen LogP contribution in [0.15, 0.2) is 61.2 Å². The van der Waals surface area contributed by atoms with Crippen molar-refractivity contribution in [2.24, 2.45) is 17.3 Å². The lowest BCUT2D eigenvalue weighted by atomic mass is 9.83. The van der Waals surface area contributed by atoms with Gasteiger partial charge in [0, 0.05) is 36.6 Å². The number of phosphoric ester groups is 3. The Hall–Kier alpha value is -4.93. The molecule has 1 saturated heterocycles. The van der Waals surface area contributed by atoms with Gasteiger partial charge < -0.3 is 65.5 Å². The molecule has 0 spiro atoms. The van der Waals surface area contributed by atoms with Crippen molar-refractivity contribution in [3.8, 4) is 11.5 Å². The van der Waals surface area contributed by atoms with Gasteiger partial charge in [0.25, 0.3) is 0 Å². The Morgan fingerprint density at radius 1 is 0.917 bits per heavy atom. The van der Waals surface area contributed by atoms with Gasteiger partial charge in [0.05, 0.1) is 25.5 Å². The number of nitrogens with zero attached hydrogens (tertiary/aromatic N) is 4. The van der Waals surface area contributed by atoms with Crippen LogP contribution in [0.4, 0.5) is 5.82 Å². The van der Waals surface area contributed by atoms with E-state index in [1.807, 2.05) is 0 Å². The molecule has 4 heterocycles. The van der Waals surface area contributed by atoms with Crippen LogP contribution >= 0.6 is 35.2 Å². The summed E-state index contributed by atoms with van der Waals surface area (Å²) in [5.41, 5.74) is 5.59. The molecule has 32 heteroatoms. The minimum absolute atomic E-state index is 0.00305. The summed E-state index contributed by atoms with van der Waals surface area (Å²) < 4.78 is 73.4. The van der Waals surface area contributed by atoms with Gasteiger partial charge in [-0.05, 0) is 36.1 Å². The Kier molecular flexibility index (Phi) is 18.8. The normalized spacial score (nSPS) is 20.8. The molecule has 28 nitrogen and oxygen atoms in total. The minimum atomic E-state index is -5.63. The number of aliphatic hydroxyl groups excluding tert-OH is 2. The molecule has 6 rings (SSSR count). The van der Waals surface area contributed by atoms with Crippen LogP contribution < -0.4 is 25.8 Å². The first-order valence-corrected chi connectivity index (χ1v) is 27.0. The zero-order valence-electron chi connectivity index (χ0n) is 38.1. The molecule has 2 aliphatic heterocycles. The van der Waals surface area contributed by atoms with Gasteiger partial charge in [-0.25, -0.2) is 28.6 Å². The summed E-state index contributed by atoms with van der Waals surface area (Å²) in [6.45, 7) is 0.106. The Bertz CT molecular complexity index is 2730. The number of carbonyl (C=O) groups excluding carboxylic acids is 3. The molecule has 9 atom stereocenters. The van der Waals surface area contributed by atoms with Crippen LogP contribution in [-0.4, -0.2) is 141 Å². The maximum Gasteiger partial charge on any atom is 0.481 e. The molecule has 11 N–H and O–H groups in total. The fraction of sp³-hybridized carbons (Fsp3) is 0.475. The molecule has 0 aliphatic carbocycles. The highest BCUT2D eigenvalue weighted by Gasteiger charge is 2.50. The topological polar surface area (TPSA) is 419 Å². The largest absolute Gasteiger partial charge is 0.481 e. The molecule has 0 saturated carbocycles. The quantitative estimate of drug-likeness (QED) is 0.0312. The number of hydrogen-bond donors (Lipinski definition) is 10. The van der Waals surface area contributed by atoms with Crippen molar-refractivity contribution in [3.05, 3.63) is 72.3 Å². The number of hydrogen-bond acceptors (Lipinski definition) is 21. The Labute approximate surface area is 413 Å². The van der Waals surface area contributed by atoms with Crippen LogP contribution in [0.5, 0.6) is 11.5 Å². The zero-order valence-corrected chi connectivity index (χ0v) is 41.6. The number of carbonyl (C=O) groups is 4. The number of carboxylic acids is 1. The second-order valence-electron chi connectivity index (χ2n) is 16.9. The molecule has 2 aromatic carbocycles. The van der Waals surface area contributed by atoms with E-state index in [-0.39, 0.29) is 61.9 Å². The number of aromatic nitrogens is 4. The highest BCUT2D eigenvalue weighted by atomic mass is 32.2. The van der Waals surface area contributed by atoms with Gasteiger partial charge in [-0.2, -0.15) is 4.31 Å². The third-order valence-corrected chi connectivity index (χ3v) is 15.1. The second-order valence-corrected chi connectivity index (χ2v) is 22.2. The first-order chi connectivity index (χ1) is 33.8. The summed E-state index contributed by atoms with van der Waals surface area (Å²) in [7, 11) is -16.5. The van der Waals surface area contributed by atoms with Crippen molar-refractivity contribution in [1.29, 1.82) is 0 Å². The molecule has 4 aromatic rings. The lowest BCUT2D eigenvalue weighted by Gasteiger charge is -2.30. The number of fused-ring (bicyclic) bond motifs is 2. The van der Waals surface area contributed by atoms with E-state index in [2.05, 4.69) is 34.4 Å². The molecule has 72 heavy (non-hydrogen) atoms. The van der Waals surface area contributed by atoms with Crippen LogP contribution in [0.2, 0.25) is 0 Å². The average molecular weight is 1090 g/mol. The summed E-state index contributed by atoms with van der Waals surface area (Å²) in [6, 6.07) is 14.0. The van der Waals surface area contributed by atoms with E-state index in [4.69, 9.17) is 29.0 Å². The predicted octanol–water partition coefficient (Wildman–Crippen LogP) is 1.20. The van der Waals surface area contributed by atoms with Gasteiger partial charge in [0.1, 0.15) is 36.3 Å². The zero-order chi connectivity index (χ0) is 52.6. The number of nitrogen functional groups attached to an aromatic ring is 1. The summed E-state index contributed by atoms with van der Waals surface area (Å²) >= 11 is 0.866. The van der Waals surface area contributed by atoms with Crippen LogP contribution in [0.1, 0.15) is 37.6 Å². The monoisotopic (exact) mass is 1090 g/mol. The fourth-order valence-electron chi connectivity index (χ4n) is 7.37. The van der Waals surface area contributed by atoms with E-state index < -0.39 is 107 Å². The molecule has 2 amide bonds. The molecule has 394 valence electrons. The van der Waals surface area contributed by atoms with E-state index in [1.165, 1.54) is 13.8 Å². The number of nitrogens with one attached hydrogen (secondary N) is 2. The summed E-state index contributed by atoms with van der Waals surface area (Å²) in [6.07, 6.45) is -7.04. The number of phosphoric acid groups is 3. The molecule has 0 radical (unpaired) electrons. The van der Waals surface area contributed by atoms with E-state index in [9.17, 15) is 67.8 Å². The van der Waals surface area contributed by atoms with Gasteiger partial charge in [0.15, 0.2) is 34.3 Å². The molecule has 1 fully saturated rings. The number of nitrogens with two attached hydrogens (primary N) is 1. The van der Waals surface area contributed by atoms with E-state index >= 15 is 0 Å². The van der Waals surface area contributed by atoms with E-state index in [1.54, 1.807) is 48.5 Å². The molecule has 0 bridgehead atoms. The number of carboxylic acid groups (broad SMARTS) is 1. The third kappa shape index (κ3) is 15.3. The number of thioether (sulfide) groups is 1. The number of benzene rings is 2. The molecule has 9 unspecified atom stereocenters. The van der Waals surface area contributed by atoms with Gasteiger partial charge in [-0.1, -0.05) is 62.0 Å². The second kappa shape index (κ2) is 24.0. The van der Waals surface area contributed by atoms with Crippen molar-refractivity contribution in [3.63, 3.8) is 0 Å². The van der Waals surface area contributed by atoms with E-state index in [0.717, 1.165) is 34.5 Å². The number of imidazole rings is 1. The standard InChI is InChI=1S/C40H52N7O21P3S/c1-40(2,18-65-71(60,61)68-70(58,59)64-17-28-32(67-69(55,56)57)31(49)37(66-28)47-20-46-30-34(41)44-19-45-35(30)47)33(50)36(51)43-11-10-29(48)42-12-13-72-39(54)25(14-22-6-4-3-5-7-22)24(38(52)53)15-23-8-9-26-27(16-23)63-21-62-26/h3-9,16,19-20,24-25,28,31-33,37,49-50H,10-15,17-18,21H2,1-2H3,(H,42,48)(H,43,51)(H,52,53)(H,58,59)(H,60,61)(H2,41,44,45)(H2,55,56,57). The molecular weight excluding hydrogens is 1040 g/mol. The highest BCUT2D eigenvalue weighted by molar-refractivity contribution is 8.13. The van der Waals surface area contributed by atoms with Gasteiger partial charge >= 0.3 is 29.4 Å². The first-order valence-electron chi connectivity index (χ1n) is 21.5. The van der Waals surface area contributed by atoms with Crippen molar-refractivity contribution >= 4 is 75.1 Å².